The van der Waals surface area contributed by atoms with Crippen LogP contribution in [0, 0.1) is 0 Å². The van der Waals surface area contributed by atoms with E-state index in [4.69, 9.17) is 14.2 Å². The lowest BCUT2D eigenvalue weighted by Crippen LogP contribution is -2.30. The zero-order valence-corrected chi connectivity index (χ0v) is 32.8. The fraction of sp³-hybridized carbons (Fsp3) is 0.543. The molecule has 0 bridgehead atoms. The Hall–Kier alpha value is -3.93. The molecule has 1 atom stereocenters. The molecule has 0 aromatic carbocycles. The molecule has 52 heavy (non-hydrogen) atoms. The van der Waals surface area contributed by atoms with Gasteiger partial charge in [0.1, 0.15) is 13.2 Å². The third-order valence-corrected chi connectivity index (χ3v) is 7.60. The molecule has 0 heterocycles. The number of carbonyl (C=O) groups excluding carboxylic acids is 3. The number of carbonyl (C=O) groups is 3. The monoisotopic (exact) mass is 719 g/mol. The highest BCUT2D eigenvalue weighted by Crippen LogP contribution is 2.10. The van der Waals surface area contributed by atoms with Crippen LogP contribution in [0.15, 0.2) is 109 Å². The standard InChI is InChI=1S/C46H70O6/c1-4-7-10-13-16-19-21-23-25-27-30-33-36-39-45(48)51-42-43(41-50-44(47)38-35-32-29-26-18-15-12-9-6-3)52-46(49)40-37-34-31-28-24-22-20-17-14-11-8-5-2/h7-13,16-21,24,26,28,32,35,43H,4-6,14-15,22-23,25,27,29-31,33-34,36-42H2,1-3H3/b10-7-,11-8-,12-9-,16-13-,20-17-,21-19-,26-18-,28-24-,35-32-. The molecule has 0 aliphatic carbocycles. The van der Waals surface area contributed by atoms with E-state index in [0.29, 0.717) is 12.8 Å². The Labute approximate surface area is 317 Å². The molecule has 0 rings (SSSR count). The minimum Gasteiger partial charge on any atom is -0.462 e. The summed E-state index contributed by atoms with van der Waals surface area (Å²) in [5, 5.41) is 0. The van der Waals surface area contributed by atoms with Crippen molar-refractivity contribution in [1.82, 2.24) is 0 Å². The van der Waals surface area contributed by atoms with Gasteiger partial charge in [0, 0.05) is 12.8 Å². The zero-order valence-electron chi connectivity index (χ0n) is 32.8. The summed E-state index contributed by atoms with van der Waals surface area (Å²) >= 11 is 0. The Balaban J connectivity index is 4.58. The van der Waals surface area contributed by atoms with Crippen molar-refractivity contribution in [3.05, 3.63) is 109 Å². The van der Waals surface area contributed by atoms with Crippen molar-refractivity contribution in [3.8, 4) is 0 Å². The quantitative estimate of drug-likeness (QED) is 0.0221. The maximum Gasteiger partial charge on any atom is 0.309 e. The van der Waals surface area contributed by atoms with E-state index in [0.717, 1.165) is 96.3 Å². The van der Waals surface area contributed by atoms with E-state index in [2.05, 4.69) is 112 Å². The van der Waals surface area contributed by atoms with Gasteiger partial charge in [0.2, 0.25) is 0 Å². The summed E-state index contributed by atoms with van der Waals surface area (Å²) < 4.78 is 16.4. The minimum absolute atomic E-state index is 0.118. The van der Waals surface area contributed by atoms with Crippen LogP contribution in [0.2, 0.25) is 0 Å². The van der Waals surface area contributed by atoms with Crippen molar-refractivity contribution in [2.45, 2.75) is 149 Å². The third kappa shape index (κ3) is 37.3. The fourth-order valence-electron chi connectivity index (χ4n) is 4.69. The molecule has 0 amide bonds. The number of allylic oxidation sites excluding steroid dienone is 17. The Morgan fingerprint density at radius 2 is 0.865 bits per heavy atom. The average Bonchev–Trinajstić information content (AvgIpc) is 3.14. The van der Waals surface area contributed by atoms with Crippen LogP contribution in [0.3, 0.4) is 0 Å². The molecule has 0 aliphatic heterocycles. The first-order valence-electron chi connectivity index (χ1n) is 19.9. The molecular weight excluding hydrogens is 648 g/mol. The highest BCUT2D eigenvalue weighted by molar-refractivity contribution is 5.72. The van der Waals surface area contributed by atoms with E-state index >= 15 is 0 Å². The lowest BCUT2D eigenvalue weighted by atomic mass is 10.1. The third-order valence-electron chi connectivity index (χ3n) is 7.60. The summed E-state index contributed by atoms with van der Waals surface area (Å²) in [5.41, 5.74) is 0. The van der Waals surface area contributed by atoms with E-state index in [1.54, 1.807) is 6.08 Å². The summed E-state index contributed by atoms with van der Waals surface area (Å²) in [6.45, 7) is 6.06. The van der Waals surface area contributed by atoms with Crippen LogP contribution in [-0.2, 0) is 28.6 Å². The molecular formula is C46H70O6. The molecule has 0 saturated heterocycles. The number of rotatable bonds is 33. The van der Waals surface area contributed by atoms with Crippen molar-refractivity contribution in [1.29, 1.82) is 0 Å². The van der Waals surface area contributed by atoms with Crippen molar-refractivity contribution >= 4 is 17.9 Å². The molecule has 0 aromatic heterocycles. The second-order valence-corrected chi connectivity index (χ2v) is 12.5. The zero-order chi connectivity index (χ0) is 38.0. The van der Waals surface area contributed by atoms with E-state index in [9.17, 15) is 14.4 Å². The highest BCUT2D eigenvalue weighted by Gasteiger charge is 2.19. The lowest BCUT2D eigenvalue weighted by Gasteiger charge is -2.18. The number of ether oxygens (including phenoxy) is 3. The first-order valence-corrected chi connectivity index (χ1v) is 19.9. The van der Waals surface area contributed by atoms with Gasteiger partial charge < -0.3 is 14.2 Å². The van der Waals surface area contributed by atoms with E-state index in [1.807, 2.05) is 12.2 Å². The van der Waals surface area contributed by atoms with Gasteiger partial charge in [-0.25, -0.2) is 0 Å². The van der Waals surface area contributed by atoms with Crippen molar-refractivity contribution < 1.29 is 28.6 Å². The van der Waals surface area contributed by atoms with Gasteiger partial charge >= 0.3 is 17.9 Å². The molecule has 0 fully saturated rings. The molecule has 6 heteroatoms. The molecule has 0 spiro atoms. The molecule has 290 valence electrons. The summed E-state index contributed by atoms with van der Waals surface area (Å²) in [6.07, 6.45) is 52.5. The van der Waals surface area contributed by atoms with Crippen LogP contribution in [0.1, 0.15) is 143 Å². The maximum atomic E-state index is 12.6. The van der Waals surface area contributed by atoms with Gasteiger partial charge in [-0.05, 0) is 83.5 Å². The van der Waals surface area contributed by atoms with Gasteiger partial charge in [-0.2, -0.15) is 0 Å². The highest BCUT2D eigenvalue weighted by atomic mass is 16.6. The largest absolute Gasteiger partial charge is 0.462 e. The number of unbranched alkanes of at least 4 members (excludes halogenated alkanes) is 7. The van der Waals surface area contributed by atoms with E-state index in [-0.39, 0.29) is 38.0 Å². The number of hydrogen-bond acceptors (Lipinski definition) is 6. The van der Waals surface area contributed by atoms with E-state index in [1.165, 1.54) is 0 Å². The minimum atomic E-state index is -0.840. The lowest BCUT2D eigenvalue weighted by molar-refractivity contribution is -0.166. The van der Waals surface area contributed by atoms with Gasteiger partial charge in [-0.3, -0.25) is 14.4 Å². The SMILES string of the molecule is CC\C=C/C=C\C=C/CCCCCCCC(=O)OCC(COC(=O)C/C=C\C/C=C\C/C=C\CC)OC(=O)CCCC/C=C\C/C=C\C/C=C\CC. The molecule has 0 saturated carbocycles. The van der Waals surface area contributed by atoms with Crippen LogP contribution in [0.25, 0.3) is 0 Å². The molecule has 1 unspecified atom stereocenters. The second kappa shape index (κ2) is 39.8. The van der Waals surface area contributed by atoms with Crippen LogP contribution < -0.4 is 0 Å². The van der Waals surface area contributed by atoms with Gasteiger partial charge in [-0.1, -0.05) is 149 Å². The summed E-state index contributed by atoms with van der Waals surface area (Å²) in [7, 11) is 0. The molecule has 6 nitrogen and oxygen atoms in total. The number of hydrogen-bond donors (Lipinski definition) is 0. The predicted octanol–water partition coefficient (Wildman–Crippen LogP) is 12.5. The maximum absolute atomic E-state index is 12.6. The molecule has 0 aliphatic rings. The van der Waals surface area contributed by atoms with Crippen molar-refractivity contribution in [3.63, 3.8) is 0 Å². The average molecular weight is 719 g/mol. The Morgan fingerprint density at radius 1 is 0.423 bits per heavy atom. The van der Waals surface area contributed by atoms with Gasteiger partial charge in [0.15, 0.2) is 6.10 Å². The molecule has 0 aromatic rings. The molecule has 0 radical (unpaired) electrons. The van der Waals surface area contributed by atoms with Crippen LogP contribution in [0.5, 0.6) is 0 Å². The van der Waals surface area contributed by atoms with Crippen LogP contribution in [0.4, 0.5) is 0 Å². The number of esters is 3. The van der Waals surface area contributed by atoms with E-state index < -0.39 is 12.1 Å². The Bertz CT molecular complexity index is 1150. The van der Waals surface area contributed by atoms with Crippen LogP contribution in [-0.4, -0.2) is 37.2 Å². The van der Waals surface area contributed by atoms with Crippen molar-refractivity contribution in [2.75, 3.05) is 13.2 Å². The summed E-state index contributed by atoms with van der Waals surface area (Å²) in [6, 6.07) is 0. The van der Waals surface area contributed by atoms with Crippen LogP contribution >= 0.6 is 0 Å². The summed E-state index contributed by atoms with van der Waals surface area (Å²) in [4.78, 5) is 37.4. The summed E-state index contributed by atoms with van der Waals surface area (Å²) in [5.74, 6) is -1.14. The smallest absolute Gasteiger partial charge is 0.309 e. The predicted molar refractivity (Wildman–Crippen MR) is 219 cm³/mol. The Kier molecular flexibility index (Phi) is 36.8. The van der Waals surface area contributed by atoms with Gasteiger partial charge in [-0.15, -0.1) is 0 Å². The first kappa shape index (κ1) is 48.1. The van der Waals surface area contributed by atoms with Gasteiger partial charge in [0.05, 0.1) is 6.42 Å². The van der Waals surface area contributed by atoms with Gasteiger partial charge in [0.25, 0.3) is 0 Å². The topological polar surface area (TPSA) is 78.9 Å². The van der Waals surface area contributed by atoms with Crippen molar-refractivity contribution in [2.24, 2.45) is 0 Å². The molecule has 0 N–H and O–H groups in total. The Morgan fingerprint density at radius 3 is 1.50 bits per heavy atom. The normalized spacial score (nSPS) is 13.2. The first-order chi connectivity index (χ1) is 25.5. The second-order valence-electron chi connectivity index (χ2n) is 12.5. The fourth-order valence-corrected chi connectivity index (χ4v) is 4.69.